The number of rotatable bonds is 8. The Bertz CT molecular complexity index is 1050. The fourth-order valence-corrected chi connectivity index (χ4v) is 5.09. The van der Waals surface area contributed by atoms with E-state index in [1.54, 1.807) is 12.1 Å². The number of halogens is 2. The molecule has 4 rings (SSSR count). The number of aryl methyl sites for hydroxylation is 1. The molecule has 3 aromatic carbocycles. The van der Waals surface area contributed by atoms with Gasteiger partial charge in [0, 0.05) is 11.6 Å². The van der Waals surface area contributed by atoms with Crippen molar-refractivity contribution in [1.82, 2.24) is 5.32 Å². The molecule has 0 radical (unpaired) electrons. The highest BCUT2D eigenvalue weighted by atomic mass is 19.1. The molecule has 0 atom stereocenters. The average molecular weight is 448 g/mol. The van der Waals surface area contributed by atoms with Gasteiger partial charge in [0.05, 0.1) is 0 Å². The Balaban J connectivity index is 1.48. The summed E-state index contributed by atoms with van der Waals surface area (Å²) in [5.74, 6) is -0.287. The molecule has 1 N–H and O–H groups in total. The molecule has 1 aliphatic carbocycles. The highest BCUT2D eigenvalue weighted by Crippen LogP contribution is 2.36. The van der Waals surface area contributed by atoms with Crippen LogP contribution < -0.4 is 5.32 Å². The lowest BCUT2D eigenvalue weighted by Crippen LogP contribution is -2.29. The first-order valence-electron chi connectivity index (χ1n) is 12.4. The molecule has 0 unspecified atom stereocenters. The number of nitrogens with one attached hydrogen (secondary N) is 1. The van der Waals surface area contributed by atoms with Crippen LogP contribution in [0.3, 0.4) is 0 Å². The Morgan fingerprint density at radius 2 is 1.42 bits per heavy atom. The average Bonchev–Trinajstić information content (AvgIpc) is 2.85. The Kier molecular flexibility index (Phi) is 7.93. The second kappa shape index (κ2) is 11.1. The molecule has 1 aliphatic rings. The second-order valence-corrected chi connectivity index (χ2v) is 9.42. The van der Waals surface area contributed by atoms with E-state index in [2.05, 4.69) is 36.5 Å². The summed E-state index contributed by atoms with van der Waals surface area (Å²) in [4.78, 5) is 0. The van der Waals surface area contributed by atoms with E-state index in [-0.39, 0.29) is 17.6 Å². The summed E-state index contributed by atoms with van der Waals surface area (Å²) in [5, 5.41) is 3.32. The van der Waals surface area contributed by atoms with Crippen molar-refractivity contribution in [2.45, 2.75) is 70.3 Å². The van der Waals surface area contributed by atoms with Crippen LogP contribution in [-0.2, 0) is 6.42 Å². The van der Waals surface area contributed by atoms with Gasteiger partial charge in [-0.05, 0) is 91.4 Å². The molecular formula is C30H35F2N. The largest absolute Gasteiger partial charge is 0.317 e. The molecule has 1 fully saturated rings. The van der Waals surface area contributed by atoms with Gasteiger partial charge in [-0.3, -0.25) is 0 Å². The van der Waals surface area contributed by atoms with Crippen molar-refractivity contribution in [3.05, 3.63) is 83.4 Å². The number of unbranched alkanes of at least 4 members (excludes halogenated alkanes) is 2. The molecule has 174 valence electrons. The predicted molar refractivity (Wildman–Crippen MR) is 135 cm³/mol. The number of hydrogen-bond donors (Lipinski definition) is 1. The minimum atomic E-state index is -0.318. The lowest BCUT2D eigenvalue weighted by atomic mass is 9.81. The summed E-state index contributed by atoms with van der Waals surface area (Å²) in [6.07, 6.45) is 8.86. The van der Waals surface area contributed by atoms with E-state index in [1.165, 1.54) is 30.9 Å². The van der Waals surface area contributed by atoms with E-state index in [0.717, 1.165) is 48.8 Å². The zero-order chi connectivity index (χ0) is 23.2. The van der Waals surface area contributed by atoms with Crippen LogP contribution in [0.25, 0.3) is 22.3 Å². The highest BCUT2D eigenvalue weighted by Gasteiger charge is 2.23. The lowest BCUT2D eigenvalue weighted by Gasteiger charge is -2.28. The van der Waals surface area contributed by atoms with Gasteiger partial charge >= 0.3 is 0 Å². The van der Waals surface area contributed by atoms with Gasteiger partial charge in [0.25, 0.3) is 0 Å². The summed E-state index contributed by atoms with van der Waals surface area (Å²) in [6, 6.07) is 19.4. The van der Waals surface area contributed by atoms with Crippen LogP contribution in [0.2, 0.25) is 0 Å². The molecule has 3 heteroatoms. The van der Waals surface area contributed by atoms with Crippen molar-refractivity contribution >= 4 is 0 Å². The highest BCUT2D eigenvalue weighted by molar-refractivity contribution is 5.71. The van der Waals surface area contributed by atoms with E-state index in [9.17, 15) is 4.39 Å². The summed E-state index contributed by atoms with van der Waals surface area (Å²) in [7, 11) is 1.99. The predicted octanol–water partition coefficient (Wildman–Crippen LogP) is 8.28. The Morgan fingerprint density at radius 1 is 0.758 bits per heavy atom. The molecule has 0 heterocycles. The third-order valence-corrected chi connectivity index (χ3v) is 7.21. The molecule has 0 aliphatic heterocycles. The summed E-state index contributed by atoms with van der Waals surface area (Å²) in [5.41, 5.74) is 4.96. The van der Waals surface area contributed by atoms with Gasteiger partial charge < -0.3 is 5.32 Å². The molecule has 1 saturated carbocycles. The number of benzene rings is 3. The van der Waals surface area contributed by atoms with Crippen molar-refractivity contribution in [1.29, 1.82) is 0 Å². The van der Waals surface area contributed by atoms with Crippen molar-refractivity contribution < 1.29 is 8.78 Å². The van der Waals surface area contributed by atoms with Gasteiger partial charge in [0.2, 0.25) is 0 Å². The smallest absolute Gasteiger partial charge is 0.131 e. The second-order valence-electron chi connectivity index (χ2n) is 9.42. The van der Waals surface area contributed by atoms with E-state index >= 15 is 4.39 Å². The van der Waals surface area contributed by atoms with Crippen molar-refractivity contribution in [3.63, 3.8) is 0 Å². The lowest BCUT2D eigenvalue weighted by molar-refractivity contribution is 0.353. The summed E-state index contributed by atoms with van der Waals surface area (Å²) < 4.78 is 30.0. The van der Waals surface area contributed by atoms with Crippen molar-refractivity contribution in [2.24, 2.45) is 0 Å². The normalized spacial score (nSPS) is 18.4. The molecule has 0 amide bonds. The Hall–Kier alpha value is -2.52. The minimum Gasteiger partial charge on any atom is -0.317 e. The maximum absolute atomic E-state index is 15.0. The van der Waals surface area contributed by atoms with E-state index in [0.29, 0.717) is 17.2 Å². The van der Waals surface area contributed by atoms with Crippen LogP contribution in [-0.4, -0.2) is 13.1 Å². The SMILES string of the molecule is CCCCCc1ccc(-c2ccc(-c3ccc(C4CCC(NC)CC4)c(F)c3)c(F)c2)cc1. The van der Waals surface area contributed by atoms with Gasteiger partial charge in [-0.2, -0.15) is 0 Å². The van der Waals surface area contributed by atoms with Crippen LogP contribution in [0.4, 0.5) is 8.78 Å². The molecule has 1 nitrogen and oxygen atoms in total. The molecule has 0 spiro atoms. The molecule has 0 aromatic heterocycles. The summed E-state index contributed by atoms with van der Waals surface area (Å²) >= 11 is 0. The van der Waals surface area contributed by atoms with Gasteiger partial charge in [-0.25, -0.2) is 8.78 Å². The molecule has 33 heavy (non-hydrogen) atoms. The molecule has 3 aromatic rings. The van der Waals surface area contributed by atoms with Gasteiger partial charge in [-0.15, -0.1) is 0 Å². The fourth-order valence-electron chi connectivity index (χ4n) is 5.09. The topological polar surface area (TPSA) is 12.0 Å². The van der Waals surface area contributed by atoms with Crippen molar-refractivity contribution in [2.75, 3.05) is 7.05 Å². The Morgan fingerprint density at radius 3 is 2.06 bits per heavy atom. The first kappa shape index (κ1) is 23.6. The maximum Gasteiger partial charge on any atom is 0.131 e. The Labute approximate surface area is 197 Å². The number of hydrogen-bond acceptors (Lipinski definition) is 1. The quantitative estimate of drug-likeness (QED) is 0.343. The van der Waals surface area contributed by atoms with E-state index in [1.807, 2.05) is 25.2 Å². The van der Waals surface area contributed by atoms with Gasteiger partial charge in [0.1, 0.15) is 11.6 Å². The van der Waals surface area contributed by atoms with E-state index in [4.69, 9.17) is 0 Å². The molecule has 0 saturated heterocycles. The minimum absolute atomic E-state index is 0.220. The van der Waals surface area contributed by atoms with Gasteiger partial charge in [-0.1, -0.05) is 68.3 Å². The van der Waals surface area contributed by atoms with Crippen LogP contribution >= 0.6 is 0 Å². The monoisotopic (exact) mass is 447 g/mol. The van der Waals surface area contributed by atoms with Gasteiger partial charge in [0.15, 0.2) is 0 Å². The summed E-state index contributed by atoms with van der Waals surface area (Å²) in [6.45, 7) is 2.21. The third kappa shape index (κ3) is 5.70. The fraction of sp³-hybridized carbons (Fsp3) is 0.400. The first-order valence-corrected chi connectivity index (χ1v) is 12.4. The third-order valence-electron chi connectivity index (χ3n) is 7.21. The zero-order valence-electron chi connectivity index (χ0n) is 19.8. The van der Waals surface area contributed by atoms with Crippen LogP contribution in [0.15, 0.2) is 60.7 Å². The first-order chi connectivity index (χ1) is 16.1. The van der Waals surface area contributed by atoms with Crippen LogP contribution in [0.1, 0.15) is 68.9 Å². The van der Waals surface area contributed by atoms with Crippen LogP contribution in [0.5, 0.6) is 0 Å². The maximum atomic E-state index is 15.0. The standard InChI is InChI=1S/C30H35F2N/c1-3-4-5-6-21-7-9-22(10-8-21)24-13-17-28(29(31)19-24)25-14-18-27(30(32)20-25)23-11-15-26(33-2)16-12-23/h7-10,13-14,17-20,23,26,33H,3-6,11-12,15-16H2,1-2H3. The molecular weight excluding hydrogens is 412 g/mol. The zero-order valence-corrected chi connectivity index (χ0v) is 19.8. The van der Waals surface area contributed by atoms with E-state index < -0.39 is 0 Å². The van der Waals surface area contributed by atoms with Crippen LogP contribution in [0, 0.1) is 11.6 Å². The molecule has 0 bridgehead atoms. The van der Waals surface area contributed by atoms with Crippen molar-refractivity contribution in [3.8, 4) is 22.3 Å².